The van der Waals surface area contributed by atoms with E-state index in [1.54, 1.807) is 6.07 Å². The average Bonchev–Trinajstić information content (AvgIpc) is 2.33. The molecule has 5 heteroatoms. The molecule has 0 bridgehead atoms. The number of thiol groups is 1. The third kappa shape index (κ3) is 1.30. The van der Waals surface area contributed by atoms with E-state index in [2.05, 4.69) is 16.1 Å². The predicted octanol–water partition coefficient (Wildman–Crippen LogP) is 1.91. The van der Waals surface area contributed by atoms with E-state index in [1.165, 1.54) is 6.26 Å². The Morgan fingerprint density at radius 3 is 2.90 bits per heavy atom. The van der Waals surface area contributed by atoms with Gasteiger partial charge in [-0.1, -0.05) is 10.8 Å². The molecule has 0 spiro atoms. The summed E-state index contributed by atoms with van der Waals surface area (Å²) in [5.41, 5.74) is 0. The van der Waals surface area contributed by atoms with Gasteiger partial charge >= 0.3 is 5.97 Å². The lowest BCUT2D eigenvalue weighted by molar-refractivity contribution is 0.0657. The van der Waals surface area contributed by atoms with Crippen molar-refractivity contribution in [1.82, 2.24) is 0 Å². The number of carboxylic acids is 1. The fraction of sp³-hybridized carbons (Fsp3) is 0. The van der Waals surface area contributed by atoms with Crippen LogP contribution in [0.3, 0.4) is 0 Å². The molecule has 1 rings (SSSR count). The Balaban J connectivity index is 3.01. The summed E-state index contributed by atoms with van der Waals surface area (Å²) >= 11 is 3.83. The Kier molecular flexibility index (Phi) is 2.29. The van der Waals surface area contributed by atoms with Crippen LogP contribution in [0.2, 0.25) is 0 Å². The molecule has 54 valence electrons. The van der Waals surface area contributed by atoms with Crippen LogP contribution in [0.25, 0.3) is 0 Å². The van der Waals surface area contributed by atoms with Gasteiger partial charge in [0, 0.05) is 0 Å². The summed E-state index contributed by atoms with van der Waals surface area (Å²) in [6, 6.07) is 1.56. The summed E-state index contributed by atoms with van der Waals surface area (Å²) in [5, 5.41) is 8.44. The first-order valence-corrected chi connectivity index (χ1v) is 4.25. The van der Waals surface area contributed by atoms with E-state index in [-0.39, 0.29) is 5.76 Å². The number of hydrogen-bond donors (Lipinski definition) is 2. The van der Waals surface area contributed by atoms with Gasteiger partial charge in [0.2, 0.25) is 5.76 Å². The molecule has 0 saturated heterocycles. The lowest BCUT2D eigenvalue weighted by Crippen LogP contribution is -1.93. The van der Waals surface area contributed by atoms with Crippen LogP contribution in [0.4, 0.5) is 0 Å². The molecule has 0 amide bonds. The minimum absolute atomic E-state index is 0.0556. The van der Waals surface area contributed by atoms with Crippen molar-refractivity contribution in [2.45, 2.75) is 4.90 Å². The van der Waals surface area contributed by atoms with Crippen molar-refractivity contribution in [3.8, 4) is 0 Å². The van der Waals surface area contributed by atoms with Gasteiger partial charge in [0.05, 0.1) is 11.2 Å². The number of rotatable bonds is 2. The Bertz CT molecular complexity index is 243. The molecule has 1 aromatic heterocycles. The molecule has 1 aromatic rings. The second-order valence-corrected chi connectivity index (χ2v) is 2.68. The van der Waals surface area contributed by atoms with Gasteiger partial charge in [0.25, 0.3) is 0 Å². The molecular formula is C5H4O3S2. The highest BCUT2D eigenvalue weighted by molar-refractivity contribution is 8.68. The van der Waals surface area contributed by atoms with Gasteiger partial charge in [-0.3, -0.25) is 0 Å². The van der Waals surface area contributed by atoms with Gasteiger partial charge in [-0.15, -0.1) is 11.7 Å². The van der Waals surface area contributed by atoms with Crippen molar-refractivity contribution < 1.29 is 14.3 Å². The maximum atomic E-state index is 10.3. The van der Waals surface area contributed by atoms with Crippen LogP contribution in [0.5, 0.6) is 0 Å². The van der Waals surface area contributed by atoms with Crippen LogP contribution >= 0.6 is 22.5 Å². The number of aromatic carboxylic acids is 1. The Morgan fingerprint density at radius 1 is 1.80 bits per heavy atom. The van der Waals surface area contributed by atoms with E-state index in [4.69, 9.17) is 5.11 Å². The standard InChI is InChI=1S/C5H4O3S2/c6-5(7)4-3(10-9)1-2-8-4/h1-2,9H,(H,6,7). The van der Waals surface area contributed by atoms with Crippen molar-refractivity contribution in [1.29, 1.82) is 0 Å². The van der Waals surface area contributed by atoms with E-state index in [0.717, 1.165) is 10.8 Å². The smallest absolute Gasteiger partial charge is 0.373 e. The first-order chi connectivity index (χ1) is 4.75. The number of carbonyl (C=O) groups is 1. The van der Waals surface area contributed by atoms with Crippen LogP contribution in [0.1, 0.15) is 10.6 Å². The third-order valence-electron chi connectivity index (χ3n) is 0.922. The third-order valence-corrected chi connectivity index (χ3v) is 2.03. The first kappa shape index (κ1) is 7.56. The van der Waals surface area contributed by atoms with Crippen molar-refractivity contribution in [2.24, 2.45) is 0 Å². The lowest BCUT2D eigenvalue weighted by atomic mass is 10.5. The van der Waals surface area contributed by atoms with Gasteiger partial charge in [0.1, 0.15) is 0 Å². The molecule has 10 heavy (non-hydrogen) atoms. The molecule has 0 aromatic carbocycles. The molecular weight excluding hydrogens is 172 g/mol. The number of carboxylic acid groups (broad SMARTS) is 1. The highest BCUT2D eigenvalue weighted by atomic mass is 33.1. The molecule has 0 aliphatic carbocycles. The Labute approximate surface area is 66.2 Å². The zero-order valence-corrected chi connectivity index (χ0v) is 6.48. The van der Waals surface area contributed by atoms with Crippen LogP contribution < -0.4 is 0 Å². The van der Waals surface area contributed by atoms with Gasteiger partial charge in [-0.2, -0.15) is 0 Å². The summed E-state index contributed by atoms with van der Waals surface area (Å²) in [6.07, 6.45) is 1.32. The minimum Gasteiger partial charge on any atom is -0.475 e. The second kappa shape index (κ2) is 3.03. The molecule has 0 aliphatic heterocycles. The normalized spacial score (nSPS) is 9.70. The van der Waals surface area contributed by atoms with Crippen molar-refractivity contribution >= 4 is 28.4 Å². The van der Waals surface area contributed by atoms with E-state index < -0.39 is 5.97 Å². The molecule has 0 fully saturated rings. The first-order valence-electron chi connectivity index (χ1n) is 2.38. The second-order valence-electron chi connectivity index (χ2n) is 1.51. The Morgan fingerprint density at radius 2 is 2.50 bits per heavy atom. The lowest BCUT2D eigenvalue weighted by Gasteiger charge is -1.88. The fourth-order valence-corrected chi connectivity index (χ4v) is 1.29. The molecule has 0 unspecified atom stereocenters. The molecule has 3 nitrogen and oxygen atoms in total. The number of hydrogen-bond acceptors (Lipinski definition) is 4. The van der Waals surface area contributed by atoms with Crippen molar-refractivity contribution in [3.63, 3.8) is 0 Å². The molecule has 0 saturated carbocycles. The molecule has 1 N–H and O–H groups in total. The van der Waals surface area contributed by atoms with Crippen LogP contribution in [-0.4, -0.2) is 11.1 Å². The summed E-state index contributed by atoms with van der Waals surface area (Å²) in [6.45, 7) is 0. The minimum atomic E-state index is -1.07. The highest BCUT2D eigenvalue weighted by Crippen LogP contribution is 2.26. The SMILES string of the molecule is O=C(O)c1occc1SS. The van der Waals surface area contributed by atoms with Crippen molar-refractivity contribution in [3.05, 3.63) is 18.1 Å². The van der Waals surface area contributed by atoms with Crippen LogP contribution in [0.15, 0.2) is 21.6 Å². The molecule has 0 aliphatic rings. The van der Waals surface area contributed by atoms with E-state index in [0.29, 0.717) is 4.90 Å². The number of furan rings is 1. The van der Waals surface area contributed by atoms with E-state index in [1.807, 2.05) is 0 Å². The Hall–Kier alpha value is -0.550. The zero-order chi connectivity index (χ0) is 7.56. The van der Waals surface area contributed by atoms with Gasteiger partial charge in [-0.05, 0) is 6.07 Å². The summed E-state index contributed by atoms with van der Waals surface area (Å²) in [5.74, 6) is -1.12. The van der Waals surface area contributed by atoms with Gasteiger partial charge in [0.15, 0.2) is 0 Å². The van der Waals surface area contributed by atoms with E-state index >= 15 is 0 Å². The van der Waals surface area contributed by atoms with Crippen molar-refractivity contribution in [2.75, 3.05) is 0 Å². The highest BCUT2D eigenvalue weighted by Gasteiger charge is 2.12. The summed E-state index contributed by atoms with van der Waals surface area (Å²) in [4.78, 5) is 10.8. The van der Waals surface area contributed by atoms with Crippen LogP contribution in [-0.2, 0) is 0 Å². The maximum absolute atomic E-state index is 10.3. The topological polar surface area (TPSA) is 50.4 Å². The van der Waals surface area contributed by atoms with Crippen LogP contribution in [0, 0.1) is 0 Å². The van der Waals surface area contributed by atoms with E-state index in [9.17, 15) is 4.79 Å². The molecule has 1 heterocycles. The largest absolute Gasteiger partial charge is 0.475 e. The monoisotopic (exact) mass is 176 g/mol. The quantitative estimate of drug-likeness (QED) is 0.534. The fourth-order valence-electron chi connectivity index (χ4n) is 0.525. The molecule has 0 radical (unpaired) electrons. The molecule has 0 atom stereocenters. The zero-order valence-electron chi connectivity index (χ0n) is 4.77. The predicted molar refractivity (Wildman–Crippen MR) is 40.5 cm³/mol. The summed E-state index contributed by atoms with van der Waals surface area (Å²) < 4.78 is 4.65. The van der Waals surface area contributed by atoms with Gasteiger partial charge in [-0.25, -0.2) is 4.79 Å². The van der Waals surface area contributed by atoms with Gasteiger partial charge < -0.3 is 9.52 Å². The maximum Gasteiger partial charge on any atom is 0.373 e. The average molecular weight is 176 g/mol. The summed E-state index contributed by atoms with van der Waals surface area (Å²) in [7, 11) is 1.05.